The molecule has 0 radical (unpaired) electrons. The summed E-state index contributed by atoms with van der Waals surface area (Å²) in [6.45, 7) is 0.874. The quantitative estimate of drug-likeness (QED) is 0.779. The van der Waals surface area contributed by atoms with E-state index in [0.29, 0.717) is 24.5 Å². The van der Waals surface area contributed by atoms with Crippen LogP contribution in [0.25, 0.3) is 0 Å². The molecule has 1 aromatic rings. The molecule has 0 spiro atoms. The van der Waals surface area contributed by atoms with Crippen LogP contribution in [0.4, 0.5) is 20.6 Å². The van der Waals surface area contributed by atoms with Gasteiger partial charge in [-0.2, -0.15) is 0 Å². The van der Waals surface area contributed by atoms with Crippen LogP contribution in [0.15, 0.2) is 18.2 Å². The number of nitrogens with one attached hydrogen (secondary N) is 1. The molecule has 1 aromatic carbocycles. The van der Waals surface area contributed by atoms with Gasteiger partial charge in [0.05, 0.1) is 18.8 Å². The van der Waals surface area contributed by atoms with Gasteiger partial charge in [0.15, 0.2) is 0 Å². The van der Waals surface area contributed by atoms with E-state index in [9.17, 15) is 9.18 Å². The number of anilines is 2. The SMILES string of the molecule is CN1C[C@H](CNc2ccc(N)cc2F)OC1=O. The molecule has 2 rings (SSSR count). The first-order valence-corrected chi connectivity index (χ1v) is 5.27. The molecule has 1 aliphatic rings. The highest BCUT2D eigenvalue weighted by molar-refractivity contribution is 5.69. The van der Waals surface area contributed by atoms with Crippen LogP contribution in [0.3, 0.4) is 0 Å². The van der Waals surface area contributed by atoms with E-state index in [4.69, 9.17) is 10.5 Å². The summed E-state index contributed by atoms with van der Waals surface area (Å²) in [7, 11) is 1.66. The average molecular weight is 239 g/mol. The number of rotatable bonds is 3. The Morgan fingerprint density at radius 1 is 1.65 bits per heavy atom. The molecule has 3 N–H and O–H groups in total. The highest BCUT2D eigenvalue weighted by atomic mass is 19.1. The molecule has 0 aromatic heterocycles. The van der Waals surface area contributed by atoms with Crippen molar-refractivity contribution in [1.82, 2.24) is 4.90 Å². The summed E-state index contributed by atoms with van der Waals surface area (Å²) >= 11 is 0. The summed E-state index contributed by atoms with van der Waals surface area (Å²) in [6, 6.07) is 4.42. The fourth-order valence-corrected chi connectivity index (χ4v) is 1.65. The lowest BCUT2D eigenvalue weighted by Gasteiger charge is -2.11. The van der Waals surface area contributed by atoms with Gasteiger partial charge in [-0.1, -0.05) is 0 Å². The van der Waals surface area contributed by atoms with Crippen molar-refractivity contribution < 1.29 is 13.9 Å². The molecule has 92 valence electrons. The molecule has 0 aliphatic carbocycles. The lowest BCUT2D eigenvalue weighted by Crippen LogP contribution is -2.24. The molecule has 1 amide bonds. The molecule has 0 bridgehead atoms. The molecule has 5 nitrogen and oxygen atoms in total. The lowest BCUT2D eigenvalue weighted by molar-refractivity contribution is 0.138. The zero-order valence-corrected chi connectivity index (χ0v) is 9.44. The van der Waals surface area contributed by atoms with Crippen molar-refractivity contribution in [3.63, 3.8) is 0 Å². The van der Waals surface area contributed by atoms with Crippen molar-refractivity contribution in [2.75, 3.05) is 31.2 Å². The van der Waals surface area contributed by atoms with Crippen LogP contribution in [-0.2, 0) is 4.74 Å². The van der Waals surface area contributed by atoms with E-state index >= 15 is 0 Å². The molecule has 1 aliphatic heterocycles. The predicted octanol–water partition coefficient (Wildman–Crippen LogP) is 1.27. The summed E-state index contributed by atoms with van der Waals surface area (Å²) in [5.41, 5.74) is 6.17. The maximum Gasteiger partial charge on any atom is 0.410 e. The Labute approximate surface area is 98.3 Å². The minimum absolute atomic E-state index is 0.260. The summed E-state index contributed by atoms with van der Waals surface area (Å²) in [6.07, 6.45) is -0.612. The first kappa shape index (κ1) is 11.5. The molecular weight excluding hydrogens is 225 g/mol. The molecule has 1 heterocycles. The number of likely N-dealkylation sites (N-methyl/N-ethyl adjacent to an activating group) is 1. The molecule has 1 saturated heterocycles. The molecule has 0 saturated carbocycles. The average Bonchev–Trinajstić information content (AvgIpc) is 2.57. The first-order valence-electron chi connectivity index (χ1n) is 5.27. The summed E-state index contributed by atoms with van der Waals surface area (Å²) in [5.74, 6) is -0.414. The number of nitrogens with zero attached hydrogens (tertiary/aromatic N) is 1. The van der Waals surface area contributed by atoms with Gasteiger partial charge in [-0.3, -0.25) is 0 Å². The van der Waals surface area contributed by atoms with E-state index in [1.807, 2.05) is 0 Å². The van der Waals surface area contributed by atoms with Crippen LogP contribution < -0.4 is 11.1 Å². The van der Waals surface area contributed by atoms with E-state index in [2.05, 4.69) is 5.32 Å². The minimum atomic E-state index is -0.414. The lowest BCUT2D eigenvalue weighted by atomic mass is 10.2. The van der Waals surface area contributed by atoms with Crippen molar-refractivity contribution in [2.24, 2.45) is 0 Å². The smallest absolute Gasteiger partial charge is 0.410 e. The molecule has 1 fully saturated rings. The summed E-state index contributed by atoms with van der Waals surface area (Å²) < 4.78 is 18.5. The number of carbonyl (C=O) groups is 1. The second kappa shape index (κ2) is 4.48. The third kappa shape index (κ3) is 2.58. The van der Waals surface area contributed by atoms with Crippen LogP contribution in [-0.4, -0.2) is 37.2 Å². The molecule has 17 heavy (non-hydrogen) atoms. The number of benzene rings is 1. The van der Waals surface area contributed by atoms with Gasteiger partial charge in [-0.15, -0.1) is 0 Å². The highest BCUT2D eigenvalue weighted by Crippen LogP contribution is 2.17. The number of nitrogens with two attached hydrogens (primary N) is 1. The summed E-state index contributed by atoms with van der Waals surface area (Å²) in [5, 5.41) is 2.89. The van der Waals surface area contributed by atoms with Crippen molar-refractivity contribution in [1.29, 1.82) is 0 Å². The van der Waals surface area contributed by atoms with Gasteiger partial charge in [-0.05, 0) is 18.2 Å². The zero-order valence-electron chi connectivity index (χ0n) is 9.44. The molecule has 6 heteroatoms. The Morgan fingerprint density at radius 2 is 2.41 bits per heavy atom. The monoisotopic (exact) mass is 239 g/mol. The molecule has 0 unspecified atom stereocenters. The van der Waals surface area contributed by atoms with Crippen LogP contribution >= 0.6 is 0 Å². The maximum absolute atomic E-state index is 13.4. The number of halogens is 1. The number of carbonyl (C=O) groups excluding carboxylic acids is 1. The Balaban J connectivity index is 1.92. The number of hydrogen-bond acceptors (Lipinski definition) is 4. The number of hydrogen-bond donors (Lipinski definition) is 2. The number of amides is 1. The van der Waals surface area contributed by atoms with Crippen LogP contribution in [0.5, 0.6) is 0 Å². The number of nitrogen functional groups attached to an aromatic ring is 1. The van der Waals surface area contributed by atoms with Gasteiger partial charge >= 0.3 is 6.09 Å². The van der Waals surface area contributed by atoms with E-state index in [1.165, 1.54) is 11.0 Å². The first-order chi connectivity index (χ1) is 8.06. The third-order valence-corrected chi connectivity index (χ3v) is 2.57. The fourth-order valence-electron chi connectivity index (χ4n) is 1.65. The van der Waals surface area contributed by atoms with Crippen molar-refractivity contribution in [2.45, 2.75) is 6.10 Å². The van der Waals surface area contributed by atoms with E-state index < -0.39 is 5.82 Å². The van der Waals surface area contributed by atoms with Gasteiger partial charge in [0.2, 0.25) is 0 Å². The predicted molar refractivity (Wildman–Crippen MR) is 62.2 cm³/mol. The Kier molecular flexibility index (Phi) is 3.03. The largest absolute Gasteiger partial charge is 0.442 e. The van der Waals surface area contributed by atoms with Crippen molar-refractivity contribution >= 4 is 17.5 Å². The molecule has 1 atom stereocenters. The minimum Gasteiger partial charge on any atom is -0.442 e. The fraction of sp³-hybridized carbons (Fsp3) is 0.364. The van der Waals surface area contributed by atoms with Crippen LogP contribution in [0.2, 0.25) is 0 Å². The molecular formula is C11H14FN3O2. The number of ether oxygens (including phenoxy) is 1. The van der Waals surface area contributed by atoms with Crippen molar-refractivity contribution in [3.8, 4) is 0 Å². The Bertz CT molecular complexity index is 439. The highest BCUT2D eigenvalue weighted by Gasteiger charge is 2.27. The second-order valence-corrected chi connectivity index (χ2v) is 4.01. The van der Waals surface area contributed by atoms with Gasteiger partial charge in [0, 0.05) is 12.7 Å². The van der Waals surface area contributed by atoms with E-state index in [0.717, 1.165) is 0 Å². The third-order valence-electron chi connectivity index (χ3n) is 2.57. The normalized spacial score (nSPS) is 19.3. The topological polar surface area (TPSA) is 67.6 Å². The van der Waals surface area contributed by atoms with Crippen LogP contribution in [0, 0.1) is 5.82 Å². The Hall–Kier alpha value is -1.98. The van der Waals surface area contributed by atoms with Crippen LogP contribution in [0.1, 0.15) is 0 Å². The van der Waals surface area contributed by atoms with E-state index in [-0.39, 0.29) is 12.2 Å². The summed E-state index contributed by atoms with van der Waals surface area (Å²) in [4.78, 5) is 12.6. The van der Waals surface area contributed by atoms with Crippen molar-refractivity contribution in [3.05, 3.63) is 24.0 Å². The van der Waals surface area contributed by atoms with Gasteiger partial charge in [0.1, 0.15) is 11.9 Å². The van der Waals surface area contributed by atoms with Gasteiger partial charge in [0.25, 0.3) is 0 Å². The zero-order chi connectivity index (χ0) is 12.4. The Morgan fingerprint density at radius 3 is 3.00 bits per heavy atom. The number of cyclic esters (lactones) is 1. The van der Waals surface area contributed by atoms with Gasteiger partial charge < -0.3 is 20.7 Å². The van der Waals surface area contributed by atoms with E-state index in [1.54, 1.807) is 19.2 Å². The second-order valence-electron chi connectivity index (χ2n) is 4.01. The van der Waals surface area contributed by atoms with Gasteiger partial charge in [-0.25, -0.2) is 9.18 Å². The standard InChI is InChI=1S/C11H14FN3O2/c1-15-6-8(17-11(15)16)5-14-10-3-2-7(13)4-9(10)12/h2-4,8,14H,5-6,13H2,1H3/t8-/m0/s1. The maximum atomic E-state index is 13.4.